The van der Waals surface area contributed by atoms with Gasteiger partial charge in [-0.2, -0.15) is 10.0 Å². The van der Waals surface area contributed by atoms with Crippen LogP contribution in [0.3, 0.4) is 0 Å². The SMILES string of the molecule is CC(=O)N1C(=O)C(Cl)C(Cl)C(=O)N1C(C)=O. The van der Waals surface area contributed by atoms with Gasteiger partial charge in [0.05, 0.1) is 0 Å². The lowest BCUT2D eigenvalue weighted by Crippen LogP contribution is -2.64. The van der Waals surface area contributed by atoms with Crippen LogP contribution < -0.4 is 0 Å². The number of carbonyl (C=O) groups excluding carboxylic acids is 4. The Labute approximate surface area is 101 Å². The van der Waals surface area contributed by atoms with E-state index in [0.717, 1.165) is 13.8 Å². The van der Waals surface area contributed by atoms with Crippen LogP contribution in [0.2, 0.25) is 0 Å². The number of amides is 4. The summed E-state index contributed by atoms with van der Waals surface area (Å²) in [6, 6.07) is 0. The summed E-state index contributed by atoms with van der Waals surface area (Å²) >= 11 is 11.2. The Kier molecular flexibility index (Phi) is 3.54. The van der Waals surface area contributed by atoms with Gasteiger partial charge in [0, 0.05) is 13.8 Å². The fourth-order valence-corrected chi connectivity index (χ4v) is 1.67. The molecule has 88 valence electrons. The number of rotatable bonds is 0. The van der Waals surface area contributed by atoms with Gasteiger partial charge in [-0.05, 0) is 0 Å². The molecule has 0 aromatic heterocycles. The van der Waals surface area contributed by atoms with Crippen molar-refractivity contribution in [2.45, 2.75) is 24.6 Å². The van der Waals surface area contributed by atoms with E-state index in [1.165, 1.54) is 0 Å². The standard InChI is InChI=1S/C8H8Cl2N2O4/c1-3(13)11-7(15)5(9)6(10)8(16)12(11)4(2)14/h5-6H,1-2H3. The van der Waals surface area contributed by atoms with E-state index < -0.39 is 34.4 Å². The topological polar surface area (TPSA) is 74.8 Å². The van der Waals surface area contributed by atoms with Crippen molar-refractivity contribution in [3.63, 3.8) is 0 Å². The maximum Gasteiger partial charge on any atom is 0.268 e. The van der Waals surface area contributed by atoms with Crippen LogP contribution in [0.25, 0.3) is 0 Å². The summed E-state index contributed by atoms with van der Waals surface area (Å²) in [6.45, 7) is 2.08. The molecule has 2 atom stereocenters. The van der Waals surface area contributed by atoms with Gasteiger partial charge >= 0.3 is 0 Å². The molecule has 4 amide bonds. The maximum atomic E-state index is 11.6. The van der Waals surface area contributed by atoms with Gasteiger partial charge in [-0.25, -0.2) is 0 Å². The van der Waals surface area contributed by atoms with Gasteiger partial charge in [-0.3, -0.25) is 19.2 Å². The van der Waals surface area contributed by atoms with Gasteiger partial charge < -0.3 is 0 Å². The molecule has 2 unspecified atom stereocenters. The van der Waals surface area contributed by atoms with Crippen molar-refractivity contribution < 1.29 is 19.2 Å². The van der Waals surface area contributed by atoms with Gasteiger partial charge in [0.15, 0.2) is 0 Å². The van der Waals surface area contributed by atoms with E-state index in [2.05, 4.69) is 0 Å². The fraction of sp³-hybridized carbons (Fsp3) is 0.500. The van der Waals surface area contributed by atoms with Crippen molar-refractivity contribution in [1.82, 2.24) is 10.0 Å². The average Bonchev–Trinajstić information content (AvgIpc) is 2.18. The third-order valence-electron chi connectivity index (χ3n) is 1.94. The molecule has 0 saturated carbocycles. The number of hydrogen-bond donors (Lipinski definition) is 0. The Bertz CT molecular complexity index is 348. The number of alkyl halides is 2. The lowest BCUT2D eigenvalue weighted by molar-refractivity contribution is -0.182. The van der Waals surface area contributed by atoms with Crippen LogP contribution in [0.5, 0.6) is 0 Å². The molecule has 1 fully saturated rings. The Morgan fingerprint density at radius 1 is 0.938 bits per heavy atom. The lowest BCUT2D eigenvalue weighted by Gasteiger charge is -2.37. The monoisotopic (exact) mass is 266 g/mol. The summed E-state index contributed by atoms with van der Waals surface area (Å²) in [4.78, 5) is 45.5. The van der Waals surface area contributed by atoms with Crippen molar-refractivity contribution in [2.75, 3.05) is 0 Å². The van der Waals surface area contributed by atoms with E-state index in [4.69, 9.17) is 23.2 Å². The summed E-state index contributed by atoms with van der Waals surface area (Å²) in [6.07, 6.45) is 0. The number of hydrazine groups is 1. The molecule has 0 aromatic rings. The van der Waals surface area contributed by atoms with Crippen LogP contribution in [-0.4, -0.2) is 44.4 Å². The van der Waals surface area contributed by atoms with Gasteiger partial charge in [0.2, 0.25) is 11.8 Å². The van der Waals surface area contributed by atoms with Crippen LogP contribution in [-0.2, 0) is 19.2 Å². The normalized spacial score (nSPS) is 26.0. The molecule has 1 aliphatic rings. The van der Waals surface area contributed by atoms with Crippen LogP contribution in [0.4, 0.5) is 0 Å². The van der Waals surface area contributed by atoms with E-state index in [1.807, 2.05) is 0 Å². The van der Waals surface area contributed by atoms with Gasteiger partial charge in [0.25, 0.3) is 11.8 Å². The number of carbonyl (C=O) groups is 4. The van der Waals surface area contributed by atoms with Crippen LogP contribution >= 0.6 is 23.2 Å². The molecule has 1 rings (SSSR count). The minimum Gasteiger partial charge on any atom is -0.273 e. The molecule has 1 heterocycles. The highest BCUT2D eigenvalue weighted by molar-refractivity contribution is 6.45. The highest BCUT2D eigenvalue weighted by atomic mass is 35.5. The summed E-state index contributed by atoms with van der Waals surface area (Å²) in [7, 11) is 0. The second-order valence-corrected chi connectivity index (χ2v) is 4.08. The molecule has 6 nitrogen and oxygen atoms in total. The van der Waals surface area contributed by atoms with Crippen molar-refractivity contribution in [1.29, 1.82) is 0 Å². The molecule has 1 aliphatic heterocycles. The maximum absolute atomic E-state index is 11.6. The zero-order valence-corrected chi connectivity index (χ0v) is 9.95. The van der Waals surface area contributed by atoms with Gasteiger partial charge in [-0.15, -0.1) is 23.2 Å². The van der Waals surface area contributed by atoms with E-state index in [1.54, 1.807) is 0 Å². The summed E-state index contributed by atoms with van der Waals surface area (Å²) in [5.41, 5.74) is 0. The second kappa shape index (κ2) is 4.39. The van der Waals surface area contributed by atoms with Crippen LogP contribution in [0.1, 0.15) is 13.8 Å². The second-order valence-electron chi connectivity index (χ2n) is 3.14. The van der Waals surface area contributed by atoms with Crippen molar-refractivity contribution in [2.24, 2.45) is 0 Å². The third-order valence-corrected chi connectivity index (χ3v) is 2.95. The van der Waals surface area contributed by atoms with Crippen LogP contribution in [0.15, 0.2) is 0 Å². The number of hydrogen-bond acceptors (Lipinski definition) is 4. The van der Waals surface area contributed by atoms with E-state index in [0.29, 0.717) is 10.0 Å². The fourth-order valence-electron chi connectivity index (χ4n) is 1.27. The number of imide groups is 2. The zero-order chi connectivity index (χ0) is 12.6. The summed E-state index contributed by atoms with van der Waals surface area (Å²) < 4.78 is 0. The van der Waals surface area contributed by atoms with Crippen molar-refractivity contribution in [3.8, 4) is 0 Å². The Morgan fingerprint density at radius 3 is 1.38 bits per heavy atom. The highest BCUT2D eigenvalue weighted by Crippen LogP contribution is 2.23. The minimum atomic E-state index is -1.35. The highest BCUT2D eigenvalue weighted by Gasteiger charge is 2.48. The third kappa shape index (κ3) is 1.90. The van der Waals surface area contributed by atoms with E-state index in [9.17, 15) is 19.2 Å². The van der Waals surface area contributed by atoms with E-state index >= 15 is 0 Å². The molecule has 0 bridgehead atoms. The lowest BCUT2D eigenvalue weighted by atomic mass is 10.2. The van der Waals surface area contributed by atoms with Gasteiger partial charge in [0.1, 0.15) is 10.8 Å². The molecule has 0 radical (unpaired) electrons. The molecule has 0 aromatic carbocycles. The van der Waals surface area contributed by atoms with Crippen molar-refractivity contribution in [3.05, 3.63) is 0 Å². The molecule has 0 spiro atoms. The Morgan fingerprint density at radius 2 is 1.19 bits per heavy atom. The van der Waals surface area contributed by atoms with Crippen LogP contribution in [0, 0.1) is 0 Å². The van der Waals surface area contributed by atoms with Gasteiger partial charge in [-0.1, -0.05) is 0 Å². The number of nitrogens with zero attached hydrogens (tertiary/aromatic N) is 2. The first-order chi connectivity index (χ1) is 7.29. The predicted octanol–water partition coefficient (Wildman–Crippen LogP) is -0.120. The molecule has 1 saturated heterocycles. The molecular formula is C8H8Cl2N2O4. The average molecular weight is 267 g/mol. The first-order valence-corrected chi connectivity index (χ1v) is 5.13. The molecular weight excluding hydrogens is 259 g/mol. The Hall–Kier alpha value is -1.14. The zero-order valence-electron chi connectivity index (χ0n) is 8.44. The minimum absolute atomic E-state index is 0.404. The Balaban J connectivity index is 3.21. The predicted molar refractivity (Wildman–Crippen MR) is 54.3 cm³/mol. The molecule has 8 heteroatoms. The van der Waals surface area contributed by atoms with Crippen molar-refractivity contribution >= 4 is 46.8 Å². The quantitative estimate of drug-likeness (QED) is 0.573. The summed E-state index contributed by atoms with van der Waals surface area (Å²) in [5, 5.41) is -1.90. The number of halogens is 2. The molecule has 0 aliphatic carbocycles. The first kappa shape index (κ1) is 12.9. The smallest absolute Gasteiger partial charge is 0.268 e. The molecule has 0 N–H and O–H groups in total. The summed E-state index contributed by atoms with van der Waals surface area (Å²) in [5.74, 6) is -3.32. The largest absolute Gasteiger partial charge is 0.273 e. The van der Waals surface area contributed by atoms with E-state index in [-0.39, 0.29) is 0 Å². The molecule has 16 heavy (non-hydrogen) atoms. The first-order valence-electron chi connectivity index (χ1n) is 4.26.